The van der Waals surface area contributed by atoms with Gasteiger partial charge in [-0.1, -0.05) is 0 Å². The fourth-order valence-electron chi connectivity index (χ4n) is 1.80. The Hall–Kier alpha value is -0.871. The molecule has 5 heteroatoms. The molecular formula is C13H17NO3Se. The number of hydrogen-bond acceptors (Lipinski definition) is 3. The first-order valence-corrected chi connectivity index (χ1v) is 7.70. The van der Waals surface area contributed by atoms with E-state index in [0.717, 1.165) is 9.65 Å². The molecule has 18 heavy (non-hydrogen) atoms. The topological polar surface area (TPSA) is 40.5 Å². The second kappa shape index (κ2) is 6.34. The second-order valence-corrected chi connectivity index (χ2v) is 6.02. The predicted octanol–water partition coefficient (Wildman–Crippen LogP) is 1.46. The first kappa shape index (κ1) is 13.6. The van der Waals surface area contributed by atoms with Crippen molar-refractivity contribution in [1.29, 1.82) is 0 Å². The van der Waals surface area contributed by atoms with E-state index >= 15 is 0 Å². The van der Waals surface area contributed by atoms with Gasteiger partial charge in [0.2, 0.25) is 0 Å². The third kappa shape index (κ3) is 2.93. The number of hydrogen-bond donors (Lipinski definition) is 0. The Labute approximate surface area is 112 Å². The fourth-order valence-corrected chi connectivity index (χ4v) is 3.91. The molecule has 0 aliphatic heterocycles. The van der Waals surface area contributed by atoms with Crippen LogP contribution in [0.4, 0.5) is 0 Å². The number of aromatic nitrogens is 1. The van der Waals surface area contributed by atoms with E-state index in [0.29, 0.717) is 19.8 Å². The van der Waals surface area contributed by atoms with Gasteiger partial charge in [-0.15, -0.1) is 0 Å². The molecule has 0 N–H and O–H groups in total. The zero-order valence-electron chi connectivity index (χ0n) is 10.6. The average molecular weight is 314 g/mol. The van der Waals surface area contributed by atoms with Gasteiger partial charge < -0.3 is 0 Å². The second-order valence-electron chi connectivity index (χ2n) is 3.79. The van der Waals surface area contributed by atoms with Gasteiger partial charge in [-0.3, -0.25) is 0 Å². The molecule has 0 fully saturated rings. The van der Waals surface area contributed by atoms with Gasteiger partial charge >= 0.3 is 112 Å². The third-order valence-electron chi connectivity index (χ3n) is 2.57. The third-order valence-corrected chi connectivity index (χ3v) is 4.86. The van der Waals surface area contributed by atoms with Crippen LogP contribution < -0.4 is 5.56 Å². The number of fused-ring (bicyclic) bond motifs is 1. The van der Waals surface area contributed by atoms with Crippen LogP contribution in [-0.4, -0.2) is 37.8 Å². The van der Waals surface area contributed by atoms with Crippen molar-refractivity contribution in [2.75, 3.05) is 13.2 Å². The molecule has 2 aromatic rings. The zero-order valence-corrected chi connectivity index (χ0v) is 12.3. The molecule has 0 atom stereocenters. The van der Waals surface area contributed by atoms with Crippen LogP contribution in [0.25, 0.3) is 9.65 Å². The van der Waals surface area contributed by atoms with Gasteiger partial charge in [0.1, 0.15) is 0 Å². The van der Waals surface area contributed by atoms with E-state index < -0.39 is 0 Å². The van der Waals surface area contributed by atoms with E-state index in [2.05, 4.69) is 0 Å². The molecule has 4 nitrogen and oxygen atoms in total. The maximum absolute atomic E-state index is 12.2. The number of ether oxygens (including phenoxy) is 2. The Morgan fingerprint density at radius 1 is 1.22 bits per heavy atom. The minimum absolute atomic E-state index is 0.0418. The van der Waals surface area contributed by atoms with Crippen molar-refractivity contribution in [2.45, 2.75) is 26.7 Å². The summed E-state index contributed by atoms with van der Waals surface area (Å²) in [5.41, 5.74) is 0.0926. The summed E-state index contributed by atoms with van der Waals surface area (Å²) in [4.78, 5) is 12.2. The molecule has 0 saturated carbocycles. The standard InChI is InChI=1S/C13H17NO3Se/c1-3-16-12(17-4-2)9-14-13(15)10-7-5-6-8-11(10)18-14/h5-8,12H,3-4,9H2,1-2H3. The molecule has 2 rings (SSSR count). The van der Waals surface area contributed by atoms with Gasteiger partial charge in [-0.05, 0) is 0 Å². The van der Waals surface area contributed by atoms with Crippen molar-refractivity contribution < 1.29 is 9.47 Å². The van der Waals surface area contributed by atoms with E-state index in [9.17, 15) is 4.79 Å². The van der Waals surface area contributed by atoms with E-state index in [1.807, 2.05) is 41.7 Å². The molecule has 0 radical (unpaired) electrons. The summed E-state index contributed by atoms with van der Waals surface area (Å²) < 4.78 is 14.0. The molecule has 98 valence electrons. The molecule has 0 aliphatic rings. The normalized spacial score (nSPS) is 11.5. The SMILES string of the molecule is CCOC(Cn1[se]c2ccccc2c1=O)OCC. The fraction of sp³-hybridized carbons (Fsp3) is 0.462. The van der Waals surface area contributed by atoms with Crippen LogP contribution in [0.3, 0.4) is 0 Å². The molecule has 1 aromatic carbocycles. The number of benzene rings is 1. The number of rotatable bonds is 6. The van der Waals surface area contributed by atoms with E-state index in [1.54, 1.807) is 0 Å². The molecule has 1 aromatic heterocycles. The van der Waals surface area contributed by atoms with E-state index in [-0.39, 0.29) is 26.6 Å². The summed E-state index contributed by atoms with van der Waals surface area (Å²) in [5, 5.41) is 0.823. The summed E-state index contributed by atoms with van der Waals surface area (Å²) in [7, 11) is 0. The molecule has 0 spiro atoms. The van der Waals surface area contributed by atoms with E-state index in [1.165, 1.54) is 0 Å². The van der Waals surface area contributed by atoms with Crippen molar-refractivity contribution in [3.8, 4) is 0 Å². The maximum atomic E-state index is 12.2. The van der Waals surface area contributed by atoms with Gasteiger partial charge in [0, 0.05) is 0 Å². The van der Waals surface area contributed by atoms with Crippen molar-refractivity contribution in [2.24, 2.45) is 0 Å². The van der Waals surface area contributed by atoms with Gasteiger partial charge in [-0.2, -0.15) is 0 Å². The summed E-state index contributed by atoms with van der Waals surface area (Å²) >= 11 is 0.0418. The van der Waals surface area contributed by atoms with Crippen molar-refractivity contribution >= 4 is 24.4 Å². The molecule has 0 bridgehead atoms. The number of nitrogens with zero attached hydrogens (tertiary/aromatic N) is 1. The van der Waals surface area contributed by atoms with Crippen LogP contribution in [0.2, 0.25) is 0 Å². The van der Waals surface area contributed by atoms with Crippen LogP contribution in [0.15, 0.2) is 29.1 Å². The average Bonchev–Trinajstić information content (AvgIpc) is 2.68. The quantitative estimate of drug-likeness (QED) is 0.599. The van der Waals surface area contributed by atoms with Crippen LogP contribution >= 0.6 is 0 Å². The first-order valence-electron chi connectivity index (χ1n) is 6.08. The minimum atomic E-state index is -0.319. The van der Waals surface area contributed by atoms with Crippen molar-refractivity contribution in [3.05, 3.63) is 34.6 Å². The first-order chi connectivity index (χ1) is 8.76. The van der Waals surface area contributed by atoms with Gasteiger partial charge in [0.15, 0.2) is 0 Å². The van der Waals surface area contributed by atoms with Crippen LogP contribution in [0, 0.1) is 0 Å². The monoisotopic (exact) mass is 315 g/mol. The molecule has 0 aliphatic carbocycles. The predicted molar refractivity (Wildman–Crippen MR) is 72.2 cm³/mol. The van der Waals surface area contributed by atoms with Gasteiger partial charge in [0.05, 0.1) is 0 Å². The van der Waals surface area contributed by atoms with Crippen LogP contribution in [0.5, 0.6) is 0 Å². The van der Waals surface area contributed by atoms with E-state index in [4.69, 9.17) is 9.47 Å². The molecule has 0 unspecified atom stereocenters. The van der Waals surface area contributed by atoms with Crippen molar-refractivity contribution in [3.63, 3.8) is 0 Å². The summed E-state index contributed by atoms with van der Waals surface area (Å²) in [6.45, 7) is 5.55. The molecule has 0 saturated heterocycles. The summed E-state index contributed by atoms with van der Waals surface area (Å²) in [5.74, 6) is 0. The summed E-state index contributed by atoms with van der Waals surface area (Å²) in [6.07, 6.45) is -0.319. The summed E-state index contributed by atoms with van der Waals surface area (Å²) in [6, 6.07) is 7.78. The van der Waals surface area contributed by atoms with Crippen molar-refractivity contribution in [1.82, 2.24) is 3.56 Å². The zero-order chi connectivity index (χ0) is 13.0. The Morgan fingerprint density at radius 2 is 1.89 bits per heavy atom. The molecule has 1 heterocycles. The van der Waals surface area contributed by atoms with Gasteiger partial charge in [0.25, 0.3) is 0 Å². The van der Waals surface area contributed by atoms with Crippen LogP contribution in [-0.2, 0) is 16.0 Å². The molecular weight excluding hydrogens is 297 g/mol. The Morgan fingerprint density at radius 3 is 2.50 bits per heavy atom. The van der Waals surface area contributed by atoms with Gasteiger partial charge in [-0.25, -0.2) is 0 Å². The Kier molecular flexibility index (Phi) is 4.78. The van der Waals surface area contributed by atoms with Crippen LogP contribution in [0.1, 0.15) is 13.8 Å². The Bertz CT molecular complexity index is 555. The Balaban J connectivity index is 2.25. The molecule has 0 amide bonds.